The second-order valence-corrected chi connectivity index (χ2v) is 7.46. The van der Waals surface area contributed by atoms with Crippen molar-refractivity contribution < 1.29 is 4.79 Å². The largest absolute Gasteiger partial charge is 0.344 e. The molecule has 1 aromatic heterocycles. The number of nitrogens with two attached hydrogens (primary N) is 1. The number of hydrogen-bond acceptors (Lipinski definition) is 3. The van der Waals surface area contributed by atoms with Crippen molar-refractivity contribution in [2.45, 2.75) is 32.9 Å². The smallest absolute Gasteiger partial charge is 0.242 e. The van der Waals surface area contributed by atoms with Crippen LogP contribution < -0.4 is 11.2 Å². The fraction of sp³-hybridized carbons (Fsp3) is 0.364. The number of para-hydroxylation sites is 2. The Morgan fingerprint density at radius 2 is 1.54 bits per heavy atom. The molecule has 0 saturated heterocycles. The molecule has 0 aliphatic rings. The zero-order chi connectivity index (χ0) is 19.6. The van der Waals surface area contributed by atoms with E-state index in [4.69, 9.17) is 5.73 Å². The fourth-order valence-electron chi connectivity index (χ4n) is 3.30. The van der Waals surface area contributed by atoms with Crippen molar-refractivity contribution in [2.75, 3.05) is 13.6 Å². The third-order valence-electron chi connectivity index (χ3n) is 5.25. The molecule has 6 heteroatoms. The van der Waals surface area contributed by atoms with Crippen molar-refractivity contribution in [1.82, 2.24) is 9.47 Å². The summed E-state index contributed by atoms with van der Waals surface area (Å²) in [5, 5.41) is 1.27. The van der Waals surface area contributed by atoms with Crippen LogP contribution in [0.4, 0.5) is 0 Å². The highest BCUT2D eigenvalue weighted by Gasteiger charge is 2.16. The zero-order valence-corrected chi connectivity index (χ0v) is 17.4. The summed E-state index contributed by atoms with van der Waals surface area (Å²) < 4.78 is 1.94. The number of carbonyl (C=O) groups excluding carboxylic acids is 1. The first-order chi connectivity index (χ1) is 12.9. The van der Waals surface area contributed by atoms with Gasteiger partial charge in [0.1, 0.15) is 6.54 Å². The molecule has 150 valence electrons. The number of rotatable bonds is 6. The maximum Gasteiger partial charge on any atom is 0.242 e. The van der Waals surface area contributed by atoms with Gasteiger partial charge in [0, 0.05) is 30.4 Å². The van der Waals surface area contributed by atoms with Gasteiger partial charge in [-0.15, -0.1) is 12.4 Å². The maximum absolute atomic E-state index is 12.9. The molecule has 5 nitrogen and oxygen atoms in total. The lowest BCUT2D eigenvalue weighted by molar-refractivity contribution is -0.130. The summed E-state index contributed by atoms with van der Waals surface area (Å²) >= 11 is 0. The van der Waals surface area contributed by atoms with E-state index in [9.17, 15) is 9.59 Å². The molecule has 1 amide bonds. The van der Waals surface area contributed by atoms with E-state index < -0.39 is 0 Å². The van der Waals surface area contributed by atoms with E-state index in [2.05, 4.69) is 13.8 Å². The lowest BCUT2D eigenvalue weighted by Gasteiger charge is -2.23. The number of hydrogen-bond donors (Lipinski definition) is 1. The van der Waals surface area contributed by atoms with Gasteiger partial charge in [-0.3, -0.25) is 9.59 Å². The topological polar surface area (TPSA) is 68.3 Å². The number of carbonyl (C=O) groups is 1. The molecule has 0 saturated carbocycles. The first-order valence-corrected chi connectivity index (χ1v) is 9.40. The molecular formula is C22H28ClN3O2. The Kier molecular flexibility index (Phi) is 7.22. The molecule has 1 heterocycles. The maximum atomic E-state index is 12.9. The molecule has 0 aliphatic heterocycles. The van der Waals surface area contributed by atoms with Crippen LogP contribution in [0.5, 0.6) is 0 Å². The van der Waals surface area contributed by atoms with Crippen molar-refractivity contribution in [3.05, 3.63) is 58.8 Å². The van der Waals surface area contributed by atoms with Crippen molar-refractivity contribution >= 4 is 40.1 Å². The van der Waals surface area contributed by atoms with Gasteiger partial charge in [-0.1, -0.05) is 38.1 Å². The number of fused-ring (bicyclic) bond motifs is 2. The highest BCUT2D eigenvalue weighted by atomic mass is 35.5. The highest BCUT2D eigenvalue weighted by Crippen LogP contribution is 2.19. The van der Waals surface area contributed by atoms with E-state index in [0.29, 0.717) is 23.2 Å². The minimum atomic E-state index is 0. The van der Waals surface area contributed by atoms with Gasteiger partial charge in [-0.25, -0.2) is 0 Å². The summed E-state index contributed by atoms with van der Waals surface area (Å²) in [4.78, 5) is 27.4. The number of pyridine rings is 1. The minimum absolute atomic E-state index is 0. The van der Waals surface area contributed by atoms with Crippen molar-refractivity contribution in [2.24, 2.45) is 11.7 Å². The average Bonchev–Trinajstić information content (AvgIpc) is 2.68. The number of nitrogens with zero attached hydrogens (tertiary/aromatic N) is 2. The molecule has 1 unspecified atom stereocenters. The number of likely N-dealkylation sites (N-methyl/N-ethyl adjacent to an activating group) is 1. The van der Waals surface area contributed by atoms with E-state index in [1.807, 2.05) is 60.1 Å². The molecule has 3 aromatic rings. The van der Waals surface area contributed by atoms with E-state index in [1.165, 1.54) is 0 Å². The van der Waals surface area contributed by atoms with Crippen LogP contribution in [0.25, 0.3) is 21.8 Å². The van der Waals surface area contributed by atoms with Gasteiger partial charge >= 0.3 is 0 Å². The summed E-state index contributed by atoms with van der Waals surface area (Å²) in [6.07, 6.45) is 0.769. The molecule has 28 heavy (non-hydrogen) atoms. The van der Waals surface area contributed by atoms with Crippen LogP contribution in [0.2, 0.25) is 0 Å². The molecule has 0 fully saturated rings. The van der Waals surface area contributed by atoms with Crippen LogP contribution in [-0.2, 0) is 11.3 Å². The zero-order valence-electron chi connectivity index (χ0n) is 16.6. The summed E-state index contributed by atoms with van der Waals surface area (Å²) in [6, 6.07) is 15.0. The van der Waals surface area contributed by atoms with Crippen molar-refractivity contribution in [3.8, 4) is 0 Å². The molecule has 1 atom stereocenters. The number of amides is 1. The Hall–Kier alpha value is -2.37. The third kappa shape index (κ3) is 4.37. The van der Waals surface area contributed by atoms with Gasteiger partial charge in [-0.2, -0.15) is 0 Å². The third-order valence-corrected chi connectivity index (χ3v) is 5.25. The van der Waals surface area contributed by atoms with E-state index >= 15 is 0 Å². The number of halogens is 1. The minimum Gasteiger partial charge on any atom is -0.344 e. The first kappa shape index (κ1) is 21.9. The van der Waals surface area contributed by atoms with Crippen LogP contribution in [-0.4, -0.2) is 35.0 Å². The molecule has 0 spiro atoms. The standard InChI is InChI=1S/C22H27N3O2.ClH/c1-15(2)18(23)12-13-24(3)21(26)14-25-19-10-6-4-8-16(19)22(27)17-9-5-7-11-20(17)25;/h4-11,15,18H,12-14,23H2,1-3H3;1H. The fourth-order valence-corrected chi connectivity index (χ4v) is 3.30. The van der Waals surface area contributed by atoms with Gasteiger partial charge in [0.15, 0.2) is 5.43 Å². The normalized spacial score (nSPS) is 12.2. The van der Waals surface area contributed by atoms with Crippen LogP contribution in [0, 0.1) is 5.92 Å². The van der Waals surface area contributed by atoms with Crippen LogP contribution in [0.1, 0.15) is 20.3 Å². The van der Waals surface area contributed by atoms with Gasteiger partial charge in [0.25, 0.3) is 0 Å². The Balaban J connectivity index is 0.00000280. The number of aromatic nitrogens is 1. The van der Waals surface area contributed by atoms with Crippen LogP contribution in [0.3, 0.4) is 0 Å². The second kappa shape index (κ2) is 9.22. The first-order valence-electron chi connectivity index (χ1n) is 9.40. The highest BCUT2D eigenvalue weighted by molar-refractivity contribution is 5.94. The molecule has 3 rings (SSSR count). The van der Waals surface area contributed by atoms with E-state index in [-0.39, 0.29) is 36.3 Å². The van der Waals surface area contributed by atoms with Gasteiger partial charge in [-0.05, 0) is 36.6 Å². The van der Waals surface area contributed by atoms with Gasteiger partial charge < -0.3 is 15.2 Å². The Bertz CT molecular complexity index is 969. The predicted molar refractivity (Wildman–Crippen MR) is 118 cm³/mol. The van der Waals surface area contributed by atoms with E-state index in [0.717, 1.165) is 17.5 Å². The number of benzene rings is 2. The van der Waals surface area contributed by atoms with Gasteiger partial charge in [0.05, 0.1) is 11.0 Å². The Morgan fingerprint density at radius 1 is 1.04 bits per heavy atom. The summed E-state index contributed by atoms with van der Waals surface area (Å²) in [7, 11) is 1.81. The van der Waals surface area contributed by atoms with Crippen molar-refractivity contribution in [1.29, 1.82) is 0 Å². The van der Waals surface area contributed by atoms with Gasteiger partial charge in [0.2, 0.25) is 5.91 Å². The Labute approximate surface area is 171 Å². The van der Waals surface area contributed by atoms with Crippen LogP contribution >= 0.6 is 12.4 Å². The SMILES string of the molecule is CC(C)C(N)CCN(C)C(=O)Cn1c2ccccc2c(=O)c2ccccc21.Cl. The molecule has 2 aromatic carbocycles. The second-order valence-electron chi connectivity index (χ2n) is 7.46. The summed E-state index contributed by atoms with van der Waals surface area (Å²) in [5.41, 5.74) is 7.67. The van der Waals surface area contributed by atoms with E-state index in [1.54, 1.807) is 4.90 Å². The van der Waals surface area contributed by atoms with Crippen molar-refractivity contribution in [3.63, 3.8) is 0 Å². The summed E-state index contributed by atoms with van der Waals surface area (Å²) in [5.74, 6) is 0.394. The molecule has 2 N–H and O–H groups in total. The quantitative estimate of drug-likeness (QED) is 0.643. The lowest BCUT2D eigenvalue weighted by Crippen LogP contribution is -2.36. The lowest BCUT2D eigenvalue weighted by atomic mass is 10.0. The summed E-state index contributed by atoms with van der Waals surface area (Å²) in [6.45, 7) is 4.99. The molecular weight excluding hydrogens is 374 g/mol. The molecule has 0 radical (unpaired) electrons. The predicted octanol–water partition coefficient (Wildman–Crippen LogP) is 3.41. The Morgan fingerprint density at radius 3 is 2.04 bits per heavy atom. The van der Waals surface area contributed by atoms with Crippen LogP contribution in [0.15, 0.2) is 53.3 Å². The monoisotopic (exact) mass is 401 g/mol. The molecule has 0 aliphatic carbocycles. The molecule has 0 bridgehead atoms. The average molecular weight is 402 g/mol.